The summed E-state index contributed by atoms with van der Waals surface area (Å²) < 4.78 is 0. The molecule has 0 saturated carbocycles. The SMILES string of the molecule is CCCN1CCC(NC(C)c2nc(C)sc2C)CC1. The van der Waals surface area contributed by atoms with Crippen molar-refractivity contribution in [3.05, 3.63) is 15.6 Å². The molecule has 0 aromatic carbocycles. The van der Waals surface area contributed by atoms with Crippen molar-refractivity contribution >= 4 is 11.3 Å². The second kappa shape index (κ2) is 6.82. The fraction of sp³-hybridized carbons (Fsp3) is 0.800. The molecule has 3 nitrogen and oxygen atoms in total. The zero-order valence-electron chi connectivity index (χ0n) is 12.7. The normalized spacial score (nSPS) is 19.8. The molecule has 1 atom stereocenters. The fourth-order valence-corrected chi connectivity index (χ4v) is 3.93. The molecule has 2 rings (SSSR count). The molecule has 2 heterocycles. The summed E-state index contributed by atoms with van der Waals surface area (Å²) >= 11 is 1.81. The molecule has 1 aromatic heterocycles. The smallest absolute Gasteiger partial charge is 0.0900 e. The molecule has 0 bridgehead atoms. The summed E-state index contributed by atoms with van der Waals surface area (Å²) in [6, 6.07) is 1.04. The van der Waals surface area contributed by atoms with Gasteiger partial charge in [-0.1, -0.05) is 6.92 Å². The molecule has 19 heavy (non-hydrogen) atoms. The number of nitrogens with zero attached hydrogens (tertiary/aromatic N) is 2. The second-order valence-corrected chi connectivity index (χ2v) is 7.09. The van der Waals surface area contributed by atoms with E-state index >= 15 is 0 Å². The van der Waals surface area contributed by atoms with E-state index in [1.54, 1.807) is 0 Å². The molecule has 4 heteroatoms. The fourth-order valence-electron chi connectivity index (χ4n) is 3.02. The summed E-state index contributed by atoms with van der Waals surface area (Å²) in [4.78, 5) is 8.61. The summed E-state index contributed by atoms with van der Waals surface area (Å²) in [5, 5.41) is 4.95. The van der Waals surface area contributed by atoms with Crippen molar-refractivity contribution in [2.75, 3.05) is 19.6 Å². The lowest BCUT2D eigenvalue weighted by atomic mass is 10.0. The van der Waals surface area contributed by atoms with Crippen LogP contribution in [0.1, 0.15) is 54.7 Å². The molecule has 1 fully saturated rings. The Morgan fingerprint density at radius 2 is 2.05 bits per heavy atom. The van der Waals surface area contributed by atoms with Crippen LogP contribution in [0.15, 0.2) is 0 Å². The molecule has 0 spiro atoms. The Morgan fingerprint density at radius 1 is 1.37 bits per heavy atom. The van der Waals surface area contributed by atoms with E-state index in [1.807, 2.05) is 11.3 Å². The van der Waals surface area contributed by atoms with E-state index in [4.69, 9.17) is 0 Å². The van der Waals surface area contributed by atoms with E-state index in [-0.39, 0.29) is 0 Å². The molecule has 0 amide bonds. The van der Waals surface area contributed by atoms with Crippen LogP contribution in [0.2, 0.25) is 0 Å². The topological polar surface area (TPSA) is 28.2 Å². The van der Waals surface area contributed by atoms with Crippen LogP contribution in [-0.4, -0.2) is 35.6 Å². The minimum atomic E-state index is 0.382. The number of hydrogen-bond acceptors (Lipinski definition) is 4. The Kier molecular flexibility index (Phi) is 5.37. The molecular formula is C15H27N3S. The van der Waals surface area contributed by atoms with Crippen LogP contribution in [-0.2, 0) is 0 Å². The van der Waals surface area contributed by atoms with Crippen molar-refractivity contribution in [2.24, 2.45) is 0 Å². The summed E-state index contributed by atoms with van der Waals surface area (Å²) in [5.74, 6) is 0. The molecule has 1 aliphatic rings. The van der Waals surface area contributed by atoms with Gasteiger partial charge in [-0.3, -0.25) is 0 Å². The highest BCUT2D eigenvalue weighted by molar-refractivity contribution is 7.11. The largest absolute Gasteiger partial charge is 0.306 e. The quantitative estimate of drug-likeness (QED) is 0.897. The maximum Gasteiger partial charge on any atom is 0.0900 e. The van der Waals surface area contributed by atoms with Crippen molar-refractivity contribution in [3.8, 4) is 0 Å². The van der Waals surface area contributed by atoms with Crippen LogP contribution in [0.25, 0.3) is 0 Å². The molecule has 1 unspecified atom stereocenters. The van der Waals surface area contributed by atoms with E-state index in [1.165, 1.54) is 54.5 Å². The van der Waals surface area contributed by atoms with Crippen LogP contribution < -0.4 is 5.32 Å². The molecule has 1 aliphatic heterocycles. The minimum Gasteiger partial charge on any atom is -0.306 e. The van der Waals surface area contributed by atoms with Gasteiger partial charge in [0.1, 0.15) is 0 Å². The third kappa shape index (κ3) is 4.01. The van der Waals surface area contributed by atoms with Gasteiger partial charge in [0, 0.05) is 17.0 Å². The van der Waals surface area contributed by atoms with Crippen LogP contribution in [0.4, 0.5) is 0 Å². The Morgan fingerprint density at radius 3 is 2.58 bits per heavy atom. The van der Waals surface area contributed by atoms with Crippen molar-refractivity contribution in [1.82, 2.24) is 15.2 Å². The van der Waals surface area contributed by atoms with Crippen LogP contribution in [0.3, 0.4) is 0 Å². The highest BCUT2D eigenvalue weighted by Gasteiger charge is 2.21. The minimum absolute atomic E-state index is 0.382. The molecule has 0 aliphatic carbocycles. The molecule has 108 valence electrons. The highest BCUT2D eigenvalue weighted by atomic mass is 32.1. The highest BCUT2D eigenvalue weighted by Crippen LogP contribution is 2.24. The lowest BCUT2D eigenvalue weighted by molar-refractivity contribution is 0.192. The van der Waals surface area contributed by atoms with Gasteiger partial charge in [-0.05, 0) is 59.7 Å². The lowest BCUT2D eigenvalue weighted by Crippen LogP contribution is -2.43. The van der Waals surface area contributed by atoms with Crippen molar-refractivity contribution in [3.63, 3.8) is 0 Å². The predicted molar refractivity (Wildman–Crippen MR) is 82.9 cm³/mol. The van der Waals surface area contributed by atoms with Gasteiger partial charge >= 0.3 is 0 Å². The summed E-state index contributed by atoms with van der Waals surface area (Å²) in [6.07, 6.45) is 3.81. The maximum atomic E-state index is 4.67. The van der Waals surface area contributed by atoms with Gasteiger partial charge in [-0.15, -0.1) is 11.3 Å². The van der Waals surface area contributed by atoms with Crippen molar-refractivity contribution < 1.29 is 0 Å². The molecular weight excluding hydrogens is 254 g/mol. The number of rotatable bonds is 5. The van der Waals surface area contributed by atoms with Gasteiger partial charge in [0.05, 0.1) is 10.7 Å². The van der Waals surface area contributed by atoms with Gasteiger partial charge in [0.2, 0.25) is 0 Å². The Labute approximate surface area is 121 Å². The van der Waals surface area contributed by atoms with Crippen LogP contribution in [0, 0.1) is 13.8 Å². The number of nitrogens with one attached hydrogen (secondary N) is 1. The number of aromatic nitrogens is 1. The standard InChI is InChI=1S/C15H27N3S/c1-5-8-18-9-6-14(7-10-18)16-11(2)15-12(3)19-13(4)17-15/h11,14,16H,5-10H2,1-4H3. The first kappa shape index (κ1) is 14.9. The number of likely N-dealkylation sites (tertiary alicyclic amines) is 1. The van der Waals surface area contributed by atoms with E-state index < -0.39 is 0 Å². The number of aryl methyl sites for hydroxylation is 2. The molecule has 0 radical (unpaired) electrons. The number of thiazole rings is 1. The van der Waals surface area contributed by atoms with Crippen LogP contribution >= 0.6 is 11.3 Å². The van der Waals surface area contributed by atoms with Crippen LogP contribution in [0.5, 0.6) is 0 Å². The van der Waals surface area contributed by atoms with Gasteiger partial charge in [0.15, 0.2) is 0 Å². The van der Waals surface area contributed by atoms with Crippen molar-refractivity contribution in [2.45, 2.75) is 59.0 Å². The lowest BCUT2D eigenvalue weighted by Gasteiger charge is -2.33. The van der Waals surface area contributed by atoms with Gasteiger partial charge < -0.3 is 10.2 Å². The van der Waals surface area contributed by atoms with Gasteiger partial charge in [-0.2, -0.15) is 0 Å². The molecule has 1 N–H and O–H groups in total. The molecule has 1 aromatic rings. The van der Waals surface area contributed by atoms with E-state index in [0.29, 0.717) is 12.1 Å². The average molecular weight is 281 g/mol. The third-order valence-corrected chi connectivity index (χ3v) is 4.86. The first-order valence-corrected chi connectivity index (χ1v) is 8.34. The monoisotopic (exact) mass is 281 g/mol. The maximum absolute atomic E-state index is 4.67. The van der Waals surface area contributed by atoms with E-state index in [9.17, 15) is 0 Å². The Bertz CT molecular complexity index is 394. The van der Waals surface area contributed by atoms with Gasteiger partial charge in [-0.25, -0.2) is 4.98 Å². The number of piperidine rings is 1. The number of hydrogen-bond donors (Lipinski definition) is 1. The first-order chi connectivity index (χ1) is 9.10. The zero-order chi connectivity index (χ0) is 13.8. The second-order valence-electron chi connectivity index (χ2n) is 5.68. The van der Waals surface area contributed by atoms with Crippen molar-refractivity contribution in [1.29, 1.82) is 0 Å². The summed E-state index contributed by atoms with van der Waals surface area (Å²) in [6.45, 7) is 12.5. The summed E-state index contributed by atoms with van der Waals surface area (Å²) in [5.41, 5.74) is 1.25. The molecule has 1 saturated heterocycles. The average Bonchev–Trinajstić information content (AvgIpc) is 2.71. The van der Waals surface area contributed by atoms with E-state index in [0.717, 1.165) is 0 Å². The van der Waals surface area contributed by atoms with E-state index in [2.05, 4.69) is 42.9 Å². The Hall–Kier alpha value is -0.450. The first-order valence-electron chi connectivity index (χ1n) is 7.52. The third-order valence-electron chi connectivity index (χ3n) is 3.96. The Balaban J connectivity index is 1.84. The predicted octanol–water partition coefficient (Wildman–Crippen LogP) is 3.28. The van der Waals surface area contributed by atoms with Gasteiger partial charge in [0.25, 0.3) is 0 Å². The zero-order valence-corrected chi connectivity index (χ0v) is 13.5. The summed E-state index contributed by atoms with van der Waals surface area (Å²) in [7, 11) is 0.